The standard InChI is InChI=1S/C17H19N3O4/c1-10-14(9-18)16(12-6-5-7-13(8-12)20(22)23)15(17(21)24-4)11(2)19(10)3/h5-8,16,20,22H,1-4H3/t16-/m1/s1. The maximum atomic E-state index is 12.3. The highest BCUT2D eigenvalue weighted by Crippen LogP contribution is 2.41. The number of nitrogens with one attached hydrogen (secondary N) is 1. The van der Waals surface area contributed by atoms with Gasteiger partial charge in [-0.3, -0.25) is 0 Å². The zero-order chi connectivity index (χ0) is 18.0. The molecule has 0 amide bonds. The molecule has 7 heteroatoms. The fraction of sp³-hybridized carbons (Fsp3) is 0.294. The smallest absolute Gasteiger partial charge is 0.336 e. The number of benzene rings is 1. The van der Waals surface area contributed by atoms with E-state index in [9.17, 15) is 20.5 Å². The molecule has 0 bridgehead atoms. The molecule has 1 aromatic rings. The van der Waals surface area contributed by atoms with Crippen molar-refractivity contribution in [2.75, 3.05) is 14.2 Å². The molecule has 0 fully saturated rings. The number of hydrogen-bond acceptors (Lipinski definition) is 6. The van der Waals surface area contributed by atoms with E-state index in [-0.39, 0.29) is 5.69 Å². The second-order valence-corrected chi connectivity index (χ2v) is 5.52. The Labute approximate surface area is 140 Å². The Morgan fingerprint density at radius 2 is 2.08 bits per heavy atom. The second-order valence-electron chi connectivity index (χ2n) is 5.52. The Bertz CT molecular complexity index is 774. The van der Waals surface area contributed by atoms with E-state index < -0.39 is 17.1 Å². The highest BCUT2D eigenvalue weighted by atomic mass is 16.8. The zero-order valence-electron chi connectivity index (χ0n) is 14.0. The van der Waals surface area contributed by atoms with Crippen LogP contribution < -0.4 is 5.23 Å². The summed E-state index contributed by atoms with van der Waals surface area (Å²) < 4.78 is 4.89. The Morgan fingerprint density at radius 1 is 1.42 bits per heavy atom. The number of rotatable bonds is 3. The number of nitriles is 1. The van der Waals surface area contributed by atoms with Crippen LogP contribution in [0.1, 0.15) is 25.3 Å². The van der Waals surface area contributed by atoms with Gasteiger partial charge >= 0.3 is 5.97 Å². The predicted molar refractivity (Wildman–Crippen MR) is 85.8 cm³/mol. The minimum absolute atomic E-state index is 0.100. The lowest BCUT2D eigenvalue weighted by Crippen LogP contribution is -2.99. The van der Waals surface area contributed by atoms with Gasteiger partial charge in [-0.25, -0.2) is 10.0 Å². The molecule has 24 heavy (non-hydrogen) atoms. The van der Waals surface area contributed by atoms with E-state index in [1.807, 2.05) is 0 Å². The largest absolute Gasteiger partial charge is 0.595 e. The van der Waals surface area contributed by atoms with Crippen LogP contribution in [-0.4, -0.2) is 30.2 Å². The number of ether oxygens (including phenoxy) is 1. The topological polar surface area (TPSA) is 101 Å². The van der Waals surface area contributed by atoms with Gasteiger partial charge in [-0.05, 0) is 19.4 Å². The van der Waals surface area contributed by atoms with Crippen molar-refractivity contribution in [3.63, 3.8) is 0 Å². The highest BCUT2D eigenvalue weighted by Gasteiger charge is 2.36. The van der Waals surface area contributed by atoms with E-state index in [1.165, 1.54) is 19.2 Å². The van der Waals surface area contributed by atoms with Crippen molar-refractivity contribution in [2.45, 2.75) is 19.8 Å². The molecule has 1 aromatic carbocycles. The number of nitrogens with zero attached hydrogens (tertiary/aromatic N) is 2. The first-order valence-corrected chi connectivity index (χ1v) is 7.30. The first kappa shape index (κ1) is 17.7. The van der Waals surface area contributed by atoms with Crippen molar-refractivity contribution in [3.05, 3.63) is 57.6 Å². The van der Waals surface area contributed by atoms with Crippen LogP contribution in [0, 0.1) is 16.5 Å². The average molecular weight is 329 g/mol. The third-order valence-electron chi connectivity index (χ3n) is 4.36. The molecular weight excluding hydrogens is 310 g/mol. The quantitative estimate of drug-likeness (QED) is 0.641. The van der Waals surface area contributed by atoms with Crippen molar-refractivity contribution in [1.82, 2.24) is 4.90 Å². The van der Waals surface area contributed by atoms with Crippen molar-refractivity contribution in [1.29, 1.82) is 5.26 Å². The predicted octanol–water partition coefficient (Wildman–Crippen LogP) is 1.36. The lowest BCUT2D eigenvalue weighted by Gasteiger charge is -2.34. The Balaban J connectivity index is 2.72. The third-order valence-corrected chi connectivity index (χ3v) is 4.36. The van der Waals surface area contributed by atoms with Crippen LogP contribution in [-0.2, 0) is 9.53 Å². The molecule has 2 N–H and O–H groups in total. The summed E-state index contributed by atoms with van der Waals surface area (Å²) in [7, 11) is 3.05. The molecule has 0 saturated carbocycles. The van der Waals surface area contributed by atoms with Crippen LogP contribution in [0.3, 0.4) is 0 Å². The molecule has 1 aliphatic heterocycles. The molecule has 1 unspecified atom stereocenters. The third kappa shape index (κ3) is 2.90. The summed E-state index contributed by atoms with van der Waals surface area (Å²) in [6.07, 6.45) is 0. The highest BCUT2D eigenvalue weighted by molar-refractivity contribution is 5.93. The number of esters is 1. The minimum Gasteiger partial charge on any atom is -0.595 e. The first-order valence-electron chi connectivity index (χ1n) is 7.30. The van der Waals surface area contributed by atoms with Crippen molar-refractivity contribution in [2.24, 2.45) is 0 Å². The fourth-order valence-corrected chi connectivity index (χ4v) is 2.88. The van der Waals surface area contributed by atoms with Crippen LogP contribution in [0.15, 0.2) is 46.8 Å². The van der Waals surface area contributed by atoms with Crippen LogP contribution in [0.2, 0.25) is 0 Å². The van der Waals surface area contributed by atoms with Gasteiger partial charge in [0, 0.05) is 30.6 Å². The molecule has 0 saturated heterocycles. The van der Waals surface area contributed by atoms with Gasteiger partial charge in [0.25, 0.3) is 0 Å². The molecule has 126 valence electrons. The summed E-state index contributed by atoms with van der Waals surface area (Å²) in [6, 6.07) is 8.43. The van der Waals surface area contributed by atoms with Crippen molar-refractivity contribution in [3.8, 4) is 6.07 Å². The van der Waals surface area contributed by atoms with Crippen LogP contribution in [0.4, 0.5) is 5.69 Å². The molecule has 0 aromatic heterocycles. The van der Waals surface area contributed by atoms with E-state index in [1.54, 1.807) is 37.9 Å². The van der Waals surface area contributed by atoms with E-state index in [2.05, 4.69) is 6.07 Å². The number of allylic oxidation sites excluding steroid dienone is 3. The number of carbonyl (C=O) groups is 1. The molecule has 1 aliphatic rings. The van der Waals surface area contributed by atoms with Crippen molar-refractivity contribution >= 4 is 11.7 Å². The summed E-state index contributed by atoms with van der Waals surface area (Å²) in [5, 5.41) is 29.0. The first-order chi connectivity index (χ1) is 11.3. The molecule has 1 heterocycles. The summed E-state index contributed by atoms with van der Waals surface area (Å²) >= 11 is 0. The summed E-state index contributed by atoms with van der Waals surface area (Å²) in [5.74, 6) is -1.19. The molecule has 0 spiro atoms. The minimum atomic E-state index is -1.07. The molecular formula is C17H19N3O4. The normalized spacial score (nSPS) is 19.2. The van der Waals surface area contributed by atoms with Crippen LogP contribution in [0.25, 0.3) is 0 Å². The fourth-order valence-electron chi connectivity index (χ4n) is 2.88. The lowest BCUT2D eigenvalue weighted by molar-refractivity contribution is -0.991. The maximum absolute atomic E-state index is 12.3. The summed E-state index contributed by atoms with van der Waals surface area (Å²) in [5.41, 5.74) is 2.79. The zero-order valence-corrected chi connectivity index (χ0v) is 14.0. The van der Waals surface area contributed by atoms with Crippen LogP contribution >= 0.6 is 0 Å². The molecule has 2 rings (SSSR count). The number of quaternary nitrogens is 1. The van der Waals surface area contributed by atoms with E-state index in [4.69, 9.17) is 4.74 Å². The van der Waals surface area contributed by atoms with Crippen LogP contribution in [0.5, 0.6) is 0 Å². The van der Waals surface area contributed by atoms with Gasteiger partial charge in [0.1, 0.15) is 0 Å². The number of carbonyl (C=O) groups excluding carboxylic acids is 1. The van der Waals surface area contributed by atoms with Gasteiger partial charge in [-0.15, -0.1) is 0 Å². The van der Waals surface area contributed by atoms with Crippen molar-refractivity contribution < 1.29 is 20.0 Å². The number of methoxy groups -OCH3 is 1. The molecule has 7 nitrogen and oxygen atoms in total. The molecule has 2 atom stereocenters. The average Bonchev–Trinajstić information content (AvgIpc) is 2.58. The van der Waals surface area contributed by atoms with E-state index in [0.717, 1.165) is 0 Å². The molecule has 0 radical (unpaired) electrons. The van der Waals surface area contributed by atoms with E-state index in [0.29, 0.717) is 28.1 Å². The SMILES string of the molecule is COC(=O)C1=C(C)N(C)C(C)=C(C#N)[C@H]1c1cccc([NH+]([O-])O)c1. The Hall–Kier alpha value is -2.66. The Kier molecular flexibility index (Phi) is 5.04. The van der Waals surface area contributed by atoms with Gasteiger partial charge in [0.2, 0.25) is 0 Å². The maximum Gasteiger partial charge on any atom is 0.336 e. The number of hydrogen-bond donors (Lipinski definition) is 2. The van der Waals surface area contributed by atoms with Gasteiger partial charge in [0.05, 0.1) is 30.2 Å². The summed E-state index contributed by atoms with van der Waals surface area (Å²) in [6.45, 7) is 3.57. The van der Waals surface area contributed by atoms with E-state index >= 15 is 0 Å². The van der Waals surface area contributed by atoms with Gasteiger partial charge in [-0.2, -0.15) is 10.5 Å². The Morgan fingerprint density at radius 3 is 2.62 bits per heavy atom. The summed E-state index contributed by atoms with van der Waals surface area (Å²) in [4.78, 5) is 14.1. The molecule has 0 aliphatic carbocycles. The second kappa shape index (κ2) is 6.84. The van der Waals surface area contributed by atoms with Gasteiger partial charge < -0.3 is 14.8 Å². The monoisotopic (exact) mass is 329 g/mol. The van der Waals surface area contributed by atoms with Gasteiger partial charge in [0.15, 0.2) is 5.69 Å². The lowest BCUT2D eigenvalue weighted by atomic mass is 9.80. The van der Waals surface area contributed by atoms with Gasteiger partial charge in [-0.1, -0.05) is 12.1 Å².